The normalized spacial score (nSPS) is 13.1. The highest BCUT2D eigenvalue weighted by Crippen LogP contribution is 2.19. The Morgan fingerprint density at radius 2 is 2.21 bits per heavy atom. The van der Waals surface area contributed by atoms with Crippen LogP contribution in [0.4, 0.5) is 0 Å². The Morgan fingerprint density at radius 3 is 2.64 bits per heavy atom. The second-order valence-electron chi connectivity index (χ2n) is 3.75. The molecule has 0 aromatic heterocycles. The van der Waals surface area contributed by atoms with Crippen LogP contribution < -0.4 is 5.32 Å². The molecule has 0 aromatic rings. The monoisotopic (exact) mass is 200 g/mol. The zero-order chi connectivity index (χ0) is 11.2. The van der Waals surface area contributed by atoms with Crippen LogP contribution in [0.3, 0.4) is 0 Å². The maximum Gasteiger partial charge on any atom is 0.249 e. The first kappa shape index (κ1) is 12.9. The second kappa shape index (κ2) is 5.58. The molecule has 0 heterocycles. The minimum Gasteiger partial charge on any atom is -0.396 e. The molecule has 1 atom stereocenters. The van der Waals surface area contributed by atoms with E-state index in [2.05, 4.69) is 5.32 Å². The molecule has 5 heteroatoms. The molecule has 1 amide bonds. The average molecular weight is 200 g/mol. The molecule has 0 aromatic carbocycles. The number of carbonyl (C=O) groups is 1. The van der Waals surface area contributed by atoms with E-state index in [-0.39, 0.29) is 19.6 Å². The van der Waals surface area contributed by atoms with E-state index in [4.69, 9.17) is 10.4 Å². The molecule has 0 saturated heterocycles. The molecule has 0 aliphatic heterocycles. The van der Waals surface area contributed by atoms with Gasteiger partial charge in [0.2, 0.25) is 5.91 Å². The standard InChI is InChI=1S/C9H16N2O3/c1-9(2,6-12)7(13)8(14)11-5-3-4-10/h7,12-13H,3,5-6H2,1-2H3,(H,11,14)/t7-/m0/s1. The van der Waals surface area contributed by atoms with E-state index in [1.54, 1.807) is 13.8 Å². The summed E-state index contributed by atoms with van der Waals surface area (Å²) in [5.41, 5.74) is -0.864. The van der Waals surface area contributed by atoms with Gasteiger partial charge >= 0.3 is 0 Å². The molecule has 0 saturated carbocycles. The maximum absolute atomic E-state index is 11.2. The summed E-state index contributed by atoms with van der Waals surface area (Å²) in [6.45, 7) is 3.11. The highest BCUT2D eigenvalue weighted by atomic mass is 16.3. The number of aliphatic hydroxyl groups excluding tert-OH is 2. The van der Waals surface area contributed by atoms with Crippen molar-refractivity contribution in [1.29, 1.82) is 5.26 Å². The fraction of sp³-hybridized carbons (Fsp3) is 0.778. The molecule has 0 fully saturated rings. The van der Waals surface area contributed by atoms with Crippen LogP contribution in [0.5, 0.6) is 0 Å². The molecular formula is C9H16N2O3. The fourth-order valence-electron chi connectivity index (χ4n) is 0.780. The molecule has 0 aliphatic rings. The Hall–Kier alpha value is -1.12. The molecule has 0 rings (SSSR count). The Balaban J connectivity index is 4.07. The van der Waals surface area contributed by atoms with Gasteiger partial charge in [0.25, 0.3) is 0 Å². The lowest BCUT2D eigenvalue weighted by molar-refractivity contribution is -0.137. The molecule has 5 nitrogen and oxygen atoms in total. The molecule has 3 N–H and O–H groups in total. The highest BCUT2D eigenvalue weighted by molar-refractivity contribution is 5.81. The van der Waals surface area contributed by atoms with Crippen molar-refractivity contribution < 1.29 is 15.0 Å². The first-order valence-corrected chi connectivity index (χ1v) is 4.39. The number of carbonyl (C=O) groups excluding carboxylic acids is 1. The van der Waals surface area contributed by atoms with Crippen LogP contribution in [0.25, 0.3) is 0 Å². The van der Waals surface area contributed by atoms with Gasteiger partial charge in [-0.2, -0.15) is 5.26 Å². The number of aliphatic hydroxyl groups is 2. The zero-order valence-electron chi connectivity index (χ0n) is 8.45. The lowest BCUT2D eigenvalue weighted by Gasteiger charge is -2.26. The van der Waals surface area contributed by atoms with E-state index < -0.39 is 17.4 Å². The van der Waals surface area contributed by atoms with Crippen molar-refractivity contribution in [2.75, 3.05) is 13.2 Å². The summed E-state index contributed by atoms with van der Waals surface area (Å²) in [5.74, 6) is -0.556. The van der Waals surface area contributed by atoms with Crippen LogP contribution >= 0.6 is 0 Å². The smallest absolute Gasteiger partial charge is 0.249 e. The molecule has 0 radical (unpaired) electrons. The van der Waals surface area contributed by atoms with Crippen LogP contribution in [0.15, 0.2) is 0 Å². The third kappa shape index (κ3) is 3.73. The van der Waals surface area contributed by atoms with Gasteiger partial charge in [0.15, 0.2) is 0 Å². The summed E-state index contributed by atoms with van der Waals surface area (Å²) in [6.07, 6.45) is -1.05. The first-order chi connectivity index (χ1) is 6.45. The highest BCUT2D eigenvalue weighted by Gasteiger charge is 2.32. The summed E-state index contributed by atoms with van der Waals surface area (Å²) >= 11 is 0. The fourth-order valence-corrected chi connectivity index (χ4v) is 0.780. The lowest BCUT2D eigenvalue weighted by atomic mass is 9.87. The summed E-state index contributed by atoms with van der Waals surface area (Å²) in [6, 6.07) is 1.87. The zero-order valence-corrected chi connectivity index (χ0v) is 8.45. The summed E-state index contributed by atoms with van der Waals surface area (Å²) in [5, 5.41) is 29.0. The van der Waals surface area contributed by atoms with Crippen molar-refractivity contribution in [3.05, 3.63) is 0 Å². The number of amides is 1. The number of hydrogen-bond acceptors (Lipinski definition) is 4. The van der Waals surface area contributed by atoms with Gasteiger partial charge in [0, 0.05) is 12.0 Å². The van der Waals surface area contributed by atoms with Gasteiger partial charge < -0.3 is 15.5 Å². The third-order valence-electron chi connectivity index (χ3n) is 1.93. The topological polar surface area (TPSA) is 93.3 Å². The van der Waals surface area contributed by atoms with Crippen LogP contribution in [0.2, 0.25) is 0 Å². The Bertz CT molecular complexity index is 233. The number of hydrogen-bond donors (Lipinski definition) is 3. The van der Waals surface area contributed by atoms with E-state index in [0.717, 1.165) is 0 Å². The van der Waals surface area contributed by atoms with E-state index >= 15 is 0 Å². The van der Waals surface area contributed by atoms with Gasteiger partial charge in [-0.3, -0.25) is 4.79 Å². The number of nitriles is 1. The lowest BCUT2D eigenvalue weighted by Crippen LogP contribution is -2.45. The quantitative estimate of drug-likeness (QED) is 0.516. The predicted octanol–water partition coefficient (Wildman–Crippen LogP) is -0.604. The van der Waals surface area contributed by atoms with Crippen molar-refractivity contribution in [2.24, 2.45) is 5.41 Å². The van der Waals surface area contributed by atoms with E-state index in [9.17, 15) is 9.90 Å². The number of rotatable bonds is 5. The van der Waals surface area contributed by atoms with E-state index in [1.165, 1.54) is 0 Å². The van der Waals surface area contributed by atoms with Gasteiger partial charge in [-0.25, -0.2) is 0 Å². The average Bonchev–Trinajstić information content (AvgIpc) is 2.17. The summed E-state index contributed by atoms with van der Waals surface area (Å²) in [7, 11) is 0. The number of nitrogens with zero attached hydrogens (tertiary/aromatic N) is 1. The van der Waals surface area contributed by atoms with Crippen LogP contribution in [-0.4, -0.2) is 35.4 Å². The molecule has 0 unspecified atom stereocenters. The molecule has 80 valence electrons. The van der Waals surface area contributed by atoms with E-state index in [0.29, 0.717) is 0 Å². The Kier molecular flexibility index (Phi) is 5.13. The number of nitrogens with one attached hydrogen (secondary N) is 1. The van der Waals surface area contributed by atoms with Crippen LogP contribution in [0.1, 0.15) is 20.3 Å². The van der Waals surface area contributed by atoms with E-state index in [1.807, 2.05) is 6.07 Å². The largest absolute Gasteiger partial charge is 0.396 e. The predicted molar refractivity (Wildman–Crippen MR) is 50.1 cm³/mol. The van der Waals surface area contributed by atoms with Gasteiger partial charge in [0.1, 0.15) is 6.10 Å². The molecule has 0 bridgehead atoms. The SMILES string of the molecule is CC(C)(CO)[C@@H](O)C(=O)NCCC#N. The van der Waals surface area contributed by atoms with Crippen molar-refractivity contribution >= 4 is 5.91 Å². The summed E-state index contributed by atoms with van der Waals surface area (Å²) in [4.78, 5) is 11.2. The third-order valence-corrected chi connectivity index (χ3v) is 1.93. The minimum atomic E-state index is -1.26. The van der Waals surface area contributed by atoms with Gasteiger partial charge in [-0.05, 0) is 0 Å². The maximum atomic E-state index is 11.2. The van der Waals surface area contributed by atoms with Crippen molar-refractivity contribution in [3.63, 3.8) is 0 Å². The van der Waals surface area contributed by atoms with Crippen LogP contribution in [0, 0.1) is 16.7 Å². The molecule has 0 spiro atoms. The van der Waals surface area contributed by atoms with Gasteiger partial charge in [-0.1, -0.05) is 13.8 Å². The van der Waals surface area contributed by atoms with Crippen molar-refractivity contribution in [2.45, 2.75) is 26.4 Å². The van der Waals surface area contributed by atoms with Crippen molar-refractivity contribution in [1.82, 2.24) is 5.32 Å². The summed E-state index contributed by atoms with van der Waals surface area (Å²) < 4.78 is 0. The molecule has 0 aliphatic carbocycles. The minimum absolute atomic E-state index is 0.206. The van der Waals surface area contributed by atoms with Crippen molar-refractivity contribution in [3.8, 4) is 6.07 Å². The first-order valence-electron chi connectivity index (χ1n) is 4.39. The van der Waals surface area contributed by atoms with Gasteiger partial charge in [-0.15, -0.1) is 0 Å². The Labute approximate surface area is 83.4 Å². The van der Waals surface area contributed by atoms with Gasteiger partial charge in [0.05, 0.1) is 19.1 Å². The van der Waals surface area contributed by atoms with Crippen LogP contribution in [-0.2, 0) is 4.79 Å². The second-order valence-corrected chi connectivity index (χ2v) is 3.75. The molecule has 14 heavy (non-hydrogen) atoms. The molecular weight excluding hydrogens is 184 g/mol. The Morgan fingerprint density at radius 1 is 1.64 bits per heavy atom.